The van der Waals surface area contributed by atoms with Crippen molar-refractivity contribution in [2.45, 2.75) is 25.6 Å². The van der Waals surface area contributed by atoms with Crippen molar-refractivity contribution in [2.24, 2.45) is 5.16 Å². The third-order valence-corrected chi connectivity index (χ3v) is 5.25. The van der Waals surface area contributed by atoms with Crippen LogP contribution in [0.15, 0.2) is 84.0 Å². The molecule has 1 aliphatic heterocycles. The van der Waals surface area contributed by atoms with Gasteiger partial charge in [-0.2, -0.15) is 0 Å². The maximum atomic E-state index is 14.2. The summed E-state index contributed by atoms with van der Waals surface area (Å²) in [4.78, 5) is 20.5. The van der Waals surface area contributed by atoms with E-state index in [4.69, 9.17) is 16.4 Å². The zero-order valence-electron chi connectivity index (χ0n) is 16.2. The van der Waals surface area contributed by atoms with Crippen molar-refractivity contribution in [3.05, 3.63) is 106 Å². The number of halogens is 2. The van der Waals surface area contributed by atoms with E-state index in [1.165, 1.54) is 12.1 Å². The fourth-order valence-electron chi connectivity index (χ4n) is 3.45. The summed E-state index contributed by atoms with van der Waals surface area (Å²) in [6.45, 7) is 0.869. The topological polar surface area (TPSA) is 41.9 Å². The Kier molecular flexibility index (Phi) is 6.10. The Balaban J connectivity index is 1.53. The summed E-state index contributed by atoms with van der Waals surface area (Å²) >= 11 is 6.14. The van der Waals surface area contributed by atoms with Gasteiger partial charge in [-0.1, -0.05) is 83.5 Å². The summed E-state index contributed by atoms with van der Waals surface area (Å²) < 4.78 is 14.2. The number of carbonyl (C=O) groups excluding carboxylic acids is 1. The van der Waals surface area contributed by atoms with Crippen molar-refractivity contribution in [1.82, 2.24) is 4.90 Å². The van der Waals surface area contributed by atoms with E-state index in [-0.39, 0.29) is 22.9 Å². The zero-order valence-corrected chi connectivity index (χ0v) is 16.9. The third kappa shape index (κ3) is 4.52. The Labute approximate surface area is 179 Å². The summed E-state index contributed by atoms with van der Waals surface area (Å²) in [6.07, 6.45) is -0.650. The Bertz CT molecular complexity index is 996. The van der Waals surface area contributed by atoms with Crippen molar-refractivity contribution in [2.75, 3.05) is 0 Å². The first-order chi connectivity index (χ1) is 14.6. The van der Waals surface area contributed by atoms with E-state index in [0.29, 0.717) is 18.8 Å². The molecule has 0 N–H and O–H groups in total. The molecule has 3 aromatic carbocycles. The van der Waals surface area contributed by atoms with Crippen LogP contribution in [0.5, 0.6) is 0 Å². The molecule has 1 aliphatic rings. The first-order valence-corrected chi connectivity index (χ1v) is 10.0. The molecule has 0 spiro atoms. The van der Waals surface area contributed by atoms with Gasteiger partial charge in [-0.25, -0.2) is 4.39 Å². The van der Waals surface area contributed by atoms with Crippen molar-refractivity contribution in [1.29, 1.82) is 0 Å². The standard InChI is InChI=1S/C24H20ClFN2O2/c25-19-12-7-13-20(26)23(19)21-14-22(30-27-21)24(29)28(15-17-8-3-1-4-9-17)16-18-10-5-2-6-11-18/h1-13,22H,14-16H2. The molecule has 1 atom stereocenters. The minimum Gasteiger partial charge on any atom is -0.382 e. The molecule has 0 saturated carbocycles. The molecule has 4 rings (SSSR count). The molecule has 0 bridgehead atoms. The lowest BCUT2D eigenvalue weighted by molar-refractivity contribution is -0.143. The SMILES string of the molecule is O=C(C1CC(c2c(F)cccc2Cl)=NO1)N(Cc1ccccc1)Cc1ccccc1. The van der Waals surface area contributed by atoms with Gasteiger partial charge in [0.05, 0.1) is 16.3 Å². The number of rotatable bonds is 6. The highest BCUT2D eigenvalue weighted by atomic mass is 35.5. The van der Waals surface area contributed by atoms with Gasteiger partial charge >= 0.3 is 0 Å². The van der Waals surface area contributed by atoms with Gasteiger partial charge in [0, 0.05) is 19.5 Å². The lowest BCUT2D eigenvalue weighted by Gasteiger charge is -2.25. The van der Waals surface area contributed by atoms with E-state index in [2.05, 4.69) is 5.16 Å². The van der Waals surface area contributed by atoms with Gasteiger partial charge in [-0.3, -0.25) is 4.79 Å². The fraction of sp³-hybridized carbons (Fsp3) is 0.167. The maximum Gasteiger partial charge on any atom is 0.267 e. The molecule has 0 aliphatic carbocycles. The Morgan fingerprint density at radius 1 is 0.967 bits per heavy atom. The van der Waals surface area contributed by atoms with Gasteiger partial charge in [-0.15, -0.1) is 0 Å². The Morgan fingerprint density at radius 2 is 1.57 bits per heavy atom. The predicted octanol–water partition coefficient (Wildman–Crippen LogP) is 5.20. The molecule has 0 fully saturated rings. The van der Waals surface area contributed by atoms with E-state index in [0.717, 1.165) is 11.1 Å². The van der Waals surface area contributed by atoms with Crippen LogP contribution in [-0.2, 0) is 22.7 Å². The summed E-state index contributed by atoms with van der Waals surface area (Å²) in [6, 6.07) is 24.0. The highest BCUT2D eigenvalue weighted by molar-refractivity contribution is 6.34. The maximum absolute atomic E-state index is 14.2. The van der Waals surface area contributed by atoms with Crippen LogP contribution in [0.3, 0.4) is 0 Å². The van der Waals surface area contributed by atoms with Crippen LogP contribution in [0, 0.1) is 5.82 Å². The number of hydrogen-bond donors (Lipinski definition) is 0. The average Bonchev–Trinajstić information content (AvgIpc) is 3.24. The largest absolute Gasteiger partial charge is 0.382 e. The predicted molar refractivity (Wildman–Crippen MR) is 115 cm³/mol. The molecule has 6 heteroatoms. The van der Waals surface area contributed by atoms with E-state index >= 15 is 0 Å². The third-order valence-electron chi connectivity index (χ3n) is 4.94. The molecule has 1 unspecified atom stereocenters. The van der Waals surface area contributed by atoms with Crippen LogP contribution in [0.25, 0.3) is 0 Å². The number of amides is 1. The number of hydrogen-bond acceptors (Lipinski definition) is 3. The summed E-state index contributed by atoms with van der Waals surface area (Å²) in [5.74, 6) is -0.683. The summed E-state index contributed by atoms with van der Waals surface area (Å²) in [5.41, 5.74) is 2.55. The smallest absolute Gasteiger partial charge is 0.267 e. The molecule has 3 aromatic rings. The van der Waals surface area contributed by atoms with Gasteiger partial charge in [0.2, 0.25) is 6.10 Å². The fourth-order valence-corrected chi connectivity index (χ4v) is 3.73. The van der Waals surface area contributed by atoms with Crippen LogP contribution < -0.4 is 0 Å². The second-order valence-corrected chi connectivity index (χ2v) is 7.51. The van der Waals surface area contributed by atoms with Crippen LogP contribution in [-0.4, -0.2) is 22.6 Å². The minimum absolute atomic E-state index is 0.166. The second kappa shape index (κ2) is 9.09. The van der Waals surface area contributed by atoms with Crippen molar-refractivity contribution in [3.63, 3.8) is 0 Å². The number of benzene rings is 3. The first kappa shape index (κ1) is 20.1. The van der Waals surface area contributed by atoms with E-state index in [9.17, 15) is 9.18 Å². The van der Waals surface area contributed by atoms with Gasteiger partial charge in [0.25, 0.3) is 5.91 Å². The quantitative estimate of drug-likeness (QED) is 0.547. The number of oxime groups is 1. The van der Waals surface area contributed by atoms with Crippen LogP contribution in [0.4, 0.5) is 4.39 Å². The summed E-state index contributed by atoms with van der Waals surface area (Å²) in [5, 5.41) is 4.22. The van der Waals surface area contributed by atoms with E-state index in [1.807, 2.05) is 60.7 Å². The molecule has 30 heavy (non-hydrogen) atoms. The van der Waals surface area contributed by atoms with E-state index < -0.39 is 11.9 Å². The molecular weight excluding hydrogens is 403 g/mol. The lowest BCUT2D eigenvalue weighted by atomic mass is 10.0. The second-order valence-electron chi connectivity index (χ2n) is 7.10. The van der Waals surface area contributed by atoms with Crippen molar-refractivity contribution >= 4 is 23.2 Å². The Hall–Kier alpha value is -3.18. The Morgan fingerprint density at radius 3 is 2.13 bits per heavy atom. The number of nitrogens with zero attached hydrogens (tertiary/aromatic N) is 2. The van der Waals surface area contributed by atoms with Gasteiger partial charge in [0.15, 0.2) is 0 Å². The molecule has 0 saturated heterocycles. The summed E-state index contributed by atoms with van der Waals surface area (Å²) in [7, 11) is 0. The highest BCUT2D eigenvalue weighted by Crippen LogP contribution is 2.26. The average molecular weight is 423 g/mol. The molecule has 0 aromatic heterocycles. The molecule has 1 heterocycles. The van der Waals surface area contributed by atoms with Crippen molar-refractivity contribution < 1.29 is 14.0 Å². The highest BCUT2D eigenvalue weighted by Gasteiger charge is 2.34. The van der Waals surface area contributed by atoms with E-state index in [1.54, 1.807) is 11.0 Å². The van der Waals surface area contributed by atoms with Crippen molar-refractivity contribution in [3.8, 4) is 0 Å². The molecule has 4 nitrogen and oxygen atoms in total. The van der Waals surface area contributed by atoms with Crippen LogP contribution >= 0.6 is 11.6 Å². The normalized spacial score (nSPS) is 15.4. The van der Waals surface area contributed by atoms with Gasteiger partial charge in [-0.05, 0) is 23.3 Å². The zero-order chi connectivity index (χ0) is 20.9. The molecule has 152 valence electrons. The molecule has 0 radical (unpaired) electrons. The van der Waals surface area contributed by atoms with Crippen LogP contribution in [0.2, 0.25) is 5.02 Å². The van der Waals surface area contributed by atoms with Crippen LogP contribution in [0.1, 0.15) is 23.1 Å². The lowest BCUT2D eigenvalue weighted by Crippen LogP contribution is -2.38. The number of carbonyl (C=O) groups is 1. The van der Waals surface area contributed by atoms with Gasteiger partial charge < -0.3 is 9.74 Å². The molecular formula is C24H20ClFN2O2. The van der Waals surface area contributed by atoms with Gasteiger partial charge in [0.1, 0.15) is 5.82 Å². The molecule has 1 amide bonds. The first-order valence-electron chi connectivity index (χ1n) is 9.65. The monoisotopic (exact) mass is 422 g/mol. The minimum atomic E-state index is -0.817.